The maximum atomic E-state index is 12.7. The maximum Gasteiger partial charge on any atom is 0.314 e. The van der Waals surface area contributed by atoms with E-state index >= 15 is 0 Å². The first-order valence-electron chi connectivity index (χ1n) is 9.08. The van der Waals surface area contributed by atoms with Gasteiger partial charge in [0.25, 0.3) is 5.12 Å². The van der Waals surface area contributed by atoms with Gasteiger partial charge in [0.2, 0.25) is 17.6 Å². The first-order chi connectivity index (χ1) is 12.6. The summed E-state index contributed by atoms with van der Waals surface area (Å²) in [5, 5.41) is 1.10. The van der Waals surface area contributed by atoms with Crippen LogP contribution in [0.2, 0.25) is 0 Å². The second kappa shape index (κ2) is 12.5. The number of esters is 1. The predicted molar refractivity (Wildman–Crippen MR) is 103 cm³/mol. The Kier molecular flexibility index (Phi) is 11.6. The van der Waals surface area contributed by atoms with Gasteiger partial charge in [0, 0.05) is 24.8 Å². The summed E-state index contributed by atoms with van der Waals surface area (Å²) in [6.07, 6.45) is -0.840. The van der Waals surface area contributed by atoms with Gasteiger partial charge in [-0.1, -0.05) is 25.6 Å². The molecule has 0 aliphatic rings. The van der Waals surface area contributed by atoms with E-state index in [2.05, 4.69) is 5.32 Å². The topological polar surface area (TPSA) is 110 Å². The zero-order valence-corrected chi connectivity index (χ0v) is 17.7. The maximum absolute atomic E-state index is 12.7. The minimum Gasteiger partial charge on any atom is -0.463 e. The highest BCUT2D eigenvalue weighted by Gasteiger charge is 2.33. The van der Waals surface area contributed by atoms with Gasteiger partial charge in [-0.05, 0) is 27.7 Å². The molecule has 8 nitrogen and oxygen atoms in total. The van der Waals surface area contributed by atoms with Crippen molar-refractivity contribution in [3.63, 3.8) is 0 Å². The van der Waals surface area contributed by atoms with Crippen molar-refractivity contribution in [3.05, 3.63) is 0 Å². The summed E-state index contributed by atoms with van der Waals surface area (Å²) in [6.45, 7) is 11.1. The lowest BCUT2D eigenvalue weighted by Crippen LogP contribution is -2.53. The van der Waals surface area contributed by atoms with Gasteiger partial charge in [0.05, 0.1) is 6.10 Å². The number of carbonyl (C=O) groups excluding carboxylic acids is 5. The van der Waals surface area contributed by atoms with Crippen molar-refractivity contribution in [2.45, 2.75) is 71.8 Å². The molecular formula is C18H30N2O6S. The number of nitrogens with one attached hydrogen (secondary N) is 1. The van der Waals surface area contributed by atoms with E-state index in [9.17, 15) is 24.0 Å². The third-order valence-corrected chi connectivity index (χ3v) is 4.73. The third kappa shape index (κ3) is 9.03. The number of thioether (sulfide) groups is 1. The van der Waals surface area contributed by atoms with E-state index in [0.717, 1.165) is 0 Å². The molecule has 0 aromatic heterocycles. The third-order valence-electron chi connectivity index (χ3n) is 3.64. The lowest BCUT2D eigenvalue weighted by molar-refractivity contribution is -0.150. The molecule has 0 aromatic rings. The molecule has 0 aromatic carbocycles. The van der Waals surface area contributed by atoms with Crippen LogP contribution >= 0.6 is 11.8 Å². The highest BCUT2D eigenvalue weighted by Crippen LogP contribution is 2.19. The van der Waals surface area contributed by atoms with Gasteiger partial charge in [-0.15, -0.1) is 0 Å². The average molecular weight is 403 g/mol. The fraction of sp³-hybridized carbons (Fsp3) is 0.722. The largest absolute Gasteiger partial charge is 0.463 e. The standard InChI is InChI=1S/C18H30N2O6S/c1-7-14(22)19-16(17(24)20(8-2)9-3)12(6)27-18(25)13(21)10-15(23)26-11(4)5/h11-12,16H,7-10H2,1-6H3,(H,19,22). The molecule has 2 amide bonds. The Morgan fingerprint density at radius 1 is 1.00 bits per heavy atom. The lowest BCUT2D eigenvalue weighted by Gasteiger charge is -2.29. The molecule has 0 aliphatic heterocycles. The van der Waals surface area contributed by atoms with Crippen LogP contribution in [-0.4, -0.2) is 64.1 Å². The summed E-state index contributed by atoms with van der Waals surface area (Å²) in [6, 6.07) is -0.943. The Balaban J connectivity index is 5.10. The summed E-state index contributed by atoms with van der Waals surface area (Å²) < 4.78 is 4.85. The van der Waals surface area contributed by atoms with Crippen LogP contribution in [0.15, 0.2) is 0 Å². The molecule has 0 saturated carbocycles. The van der Waals surface area contributed by atoms with E-state index in [1.165, 1.54) is 0 Å². The minimum absolute atomic E-state index is 0.188. The van der Waals surface area contributed by atoms with Crippen molar-refractivity contribution in [3.8, 4) is 0 Å². The molecule has 0 heterocycles. The summed E-state index contributed by atoms with van der Waals surface area (Å²) >= 11 is 0.637. The van der Waals surface area contributed by atoms with E-state index < -0.39 is 34.6 Å². The Bertz CT molecular complexity index is 560. The van der Waals surface area contributed by atoms with Crippen LogP contribution in [0, 0.1) is 0 Å². The summed E-state index contributed by atoms with van der Waals surface area (Å²) in [5.41, 5.74) is 0. The van der Waals surface area contributed by atoms with Crippen LogP contribution in [0.5, 0.6) is 0 Å². The smallest absolute Gasteiger partial charge is 0.314 e. The second-order valence-electron chi connectivity index (χ2n) is 6.16. The van der Waals surface area contributed by atoms with E-state index in [1.54, 1.807) is 32.6 Å². The van der Waals surface area contributed by atoms with Crippen LogP contribution in [0.3, 0.4) is 0 Å². The highest BCUT2D eigenvalue weighted by atomic mass is 32.2. The number of rotatable bonds is 11. The number of ketones is 1. The van der Waals surface area contributed by atoms with E-state index in [-0.39, 0.29) is 24.3 Å². The van der Waals surface area contributed by atoms with Crippen LogP contribution in [0.1, 0.15) is 54.4 Å². The number of ether oxygens (including phenoxy) is 1. The minimum atomic E-state index is -0.943. The first kappa shape index (κ1) is 25.1. The van der Waals surface area contributed by atoms with E-state index in [4.69, 9.17) is 4.74 Å². The molecule has 0 rings (SSSR count). The second-order valence-corrected chi connectivity index (χ2v) is 7.51. The molecule has 154 valence electrons. The molecule has 0 fully saturated rings. The van der Waals surface area contributed by atoms with Gasteiger partial charge >= 0.3 is 5.97 Å². The zero-order chi connectivity index (χ0) is 21.1. The van der Waals surface area contributed by atoms with Gasteiger partial charge in [-0.25, -0.2) is 0 Å². The molecule has 2 unspecified atom stereocenters. The summed E-state index contributed by atoms with van der Waals surface area (Å²) in [7, 11) is 0. The van der Waals surface area contributed by atoms with Crippen molar-refractivity contribution >= 4 is 40.4 Å². The van der Waals surface area contributed by atoms with Crippen molar-refractivity contribution in [1.82, 2.24) is 10.2 Å². The van der Waals surface area contributed by atoms with Gasteiger partial charge in [-0.2, -0.15) is 0 Å². The van der Waals surface area contributed by atoms with E-state index in [0.29, 0.717) is 24.9 Å². The van der Waals surface area contributed by atoms with Crippen LogP contribution in [-0.2, 0) is 28.7 Å². The van der Waals surface area contributed by atoms with Crippen molar-refractivity contribution in [1.29, 1.82) is 0 Å². The predicted octanol–water partition coefficient (Wildman–Crippen LogP) is 1.31. The number of carbonyl (C=O) groups is 5. The molecular weight excluding hydrogens is 372 g/mol. The number of hydrogen-bond acceptors (Lipinski definition) is 7. The average Bonchev–Trinajstić information content (AvgIpc) is 2.59. The number of amides is 2. The van der Waals surface area contributed by atoms with E-state index in [1.807, 2.05) is 13.8 Å². The molecule has 0 aliphatic carbocycles. The monoisotopic (exact) mass is 402 g/mol. The van der Waals surface area contributed by atoms with Gasteiger partial charge in [0.1, 0.15) is 12.5 Å². The fourth-order valence-corrected chi connectivity index (χ4v) is 3.06. The Labute approximate surface area is 164 Å². The van der Waals surface area contributed by atoms with Crippen LogP contribution in [0.4, 0.5) is 0 Å². The quantitative estimate of drug-likeness (QED) is 0.315. The molecule has 1 N–H and O–H groups in total. The van der Waals surface area contributed by atoms with Gasteiger partial charge in [0.15, 0.2) is 0 Å². The number of hydrogen-bond donors (Lipinski definition) is 1. The lowest BCUT2D eigenvalue weighted by atomic mass is 10.1. The molecule has 27 heavy (non-hydrogen) atoms. The Morgan fingerprint density at radius 2 is 1.56 bits per heavy atom. The summed E-state index contributed by atoms with van der Waals surface area (Å²) in [5.74, 6) is -2.31. The van der Waals surface area contributed by atoms with Crippen LogP contribution in [0.25, 0.3) is 0 Å². The number of Topliss-reactive ketones (excluding diaryl/α,β-unsaturated/α-hetero) is 1. The van der Waals surface area contributed by atoms with Crippen molar-refractivity contribution in [2.24, 2.45) is 0 Å². The summed E-state index contributed by atoms with van der Waals surface area (Å²) in [4.78, 5) is 61.6. The van der Waals surface area contributed by atoms with Crippen molar-refractivity contribution < 1.29 is 28.7 Å². The fourth-order valence-electron chi connectivity index (χ4n) is 2.20. The van der Waals surface area contributed by atoms with Gasteiger partial charge in [-0.3, -0.25) is 24.0 Å². The van der Waals surface area contributed by atoms with Crippen LogP contribution < -0.4 is 5.32 Å². The molecule has 2 atom stereocenters. The Morgan fingerprint density at radius 3 is 2.00 bits per heavy atom. The SMILES string of the molecule is CCC(=O)NC(C(=O)N(CC)CC)C(C)SC(=O)C(=O)CC(=O)OC(C)C. The highest BCUT2D eigenvalue weighted by molar-refractivity contribution is 8.16. The normalized spacial score (nSPS) is 12.9. The number of likely N-dealkylation sites (N-methyl/N-ethyl adjacent to an activating group) is 1. The Hall–Kier alpha value is -1.90. The van der Waals surface area contributed by atoms with Gasteiger partial charge < -0.3 is 15.0 Å². The number of nitrogens with zero attached hydrogens (tertiary/aromatic N) is 1. The molecule has 0 spiro atoms. The zero-order valence-electron chi connectivity index (χ0n) is 16.9. The van der Waals surface area contributed by atoms with Crippen molar-refractivity contribution in [2.75, 3.05) is 13.1 Å². The molecule has 0 radical (unpaired) electrons. The molecule has 0 saturated heterocycles. The first-order valence-corrected chi connectivity index (χ1v) is 9.96. The molecule has 0 bridgehead atoms. The molecule has 9 heteroatoms.